The normalized spacial score (nSPS) is 17.3. The minimum atomic E-state index is -4.23. The van der Waals surface area contributed by atoms with Crippen molar-refractivity contribution in [2.75, 3.05) is 39.4 Å². The Morgan fingerprint density at radius 2 is 2.05 bits per heavy atom. The van der Waals surface area contributed by atoms with Crippen LogP contribution < -0.4 is 5.32 Å². The van der Waals surface area contributed by atoms with Gasteiger partial charge in [0.1, 0.15) is 6.54 Å². The molecule has 1 aromatic rings. The lowest BCUT2D eigenvalue weighted by molar-refractivity contribution is -0.142. The monoisotopic (exact) mass is 306 g/mol. The van der Waals surface area contributed by atoms with Crippen LogP contribution in [0, 0.1) is 0 Å². The molecule has 1 aromatic heterocycles. The summed E-state index contributed by atoms with van der Waals surface area (Å²) in [6.07, 6.45) is -0.311. The maximum Gasteiger partial charge on any atom is 0.408 e. The third-order valence-corrected chi connectivity index (χ3v) is 3.29. The molecule has 0 aromatic carbocycles. The first-order chi connectivity index (χ1) is 10.0. The minimum Gasteiger partial charge on any atom is -0.379 e. The molecule has 5 nitrogen and oxygen atoms in total. The summed E-state index contributed by atoms with van der Waals surface area (Å²) in [4.78, 5) is 2.35. The van der Waals surface area contributed by atoms with Crippen LogP contribution in [-0.4, -0.2) is 60.2 Å². The highest BCUT2D eigenvalue weighted by molar-refractivity contribution is 5.03. The SMILES string of the molecule is FC(F)(F)Cn1cc(CNCCCN2CCOCC2)cn1. The average molecular weight is 306 g/mol. The van der Waals surface area contributed by atoms with Crippen LogP contribution in [0.25, 0.3) is 0 Å². The summed E-state index contributed by atoms with van der Waals surface area (Å²) in [6, 6.07) is 0. The van der Waals surface area contributed by atoms with Crippen LogP contribution in [-0.2, 0) is 17.8 Å². The molecule has 0 unspecified atom stereocenters. The van der Waals surface area contributed by atoms with Crippen molar-refractivity contribution in [2.45, 2.75) is 25.7 Å². The fraction of sp³-hybridized carbons (Fsp3) is 0.769. The van der Waals surface area contributed by atoms with Gasteiger partial charge in [0.15, 0.2) is 0 Å². The molecule has 0 aliphatic carbocycles. The maximum atomic E-state index is 12.2. The number of hydrogen-bond donors (Lipinski definition) is 1. The van der Waals surface area contributed by atoms with Crippen LogP contribution in [0.4, 0.5) is 13.2 Å². The summed E-state index contributed by atoms with van der Waals surface area (Å²) < 4.78 is 42.8. The van der Waals surface area contributed by atoms with Crippen molar-refractivity contribution in [3.63, 3.8) is 0 Å². The van der Waals surface area contributed by atoms with E-state index in [1.54, 1.807) is 0 Å². The molecule has 1 fully saturated rings. The molecule has 0 saturated carbocycles. The quantitative estimate of drug-likeness (QED) is 0.770. The number of aromatic nitrogens is 2. The van der Waals surface area contributed by atoms with Crippen molar-refractivity contribution in [3.8, 4) is 0 Å². The molecular weight excluding hydrogens is 285 g/mol. The van der Waals surface area contributed by atoms with Gasteiger partial charge in [-0.15, -0.1) is 0 Å². The Bertz CT molecular complexity index is 416. The second kappa shape index (κ2) is 7.77. The zero-order valence-corrected chi connectivity index (χ0v) is 11.9. The van der Waals surface area contributed by atoms with E-state index < -0.39 is 12.7 Å². The van der Waals surface area contributed by atoms with Crippen molar-refractivity contribution in [3.05, 3.63) is 18.0 Å². The summed E-state index contributed by atoms with van der Waals surface area (Å²) >= 11 is 0. The highest BCUT2D eigenvalue weighted by Gasteiger charge is 2.28. The van der Waals surface area contributed by atoms with Crippen LogP contribution in [0.2, 0.25) is 0 Å². The Morgan fingerprint density at radius 3 is 2.76 bits per heavy atom. The molecule has 2 heterocycles. The van der Waals surface area contributed by atoms with Gasteiger partial charge in [-0.2, -0.15) is 18.3 Å². The molecule has 2 rings (SSSR count). The molecule has 120 valence electrons. The number of morpholine rings is 1. The average Bonchev–Trinajstić information content (AvgIpc) is 2.85. The van der Waals surface area contributed by atoms with E-state index in [-0.39, 0.29) is 0 Å². The molecule has 0 amide bonds. The van der Waals surface area contributed by atoms with Gasteiger partial charge in [0.2, 0.25) is 0 Å². The lowest BCUT2D eigenvalue weighted by atomic mass is 10.3. The fourth-order valence-corrected chi connectivity index (χ4v) is 2.25. The van der Waals surface area contributed by atoms with Crippen LogP contribution in [0.15, 0.2) is 12.4 Å². The first kappa shape index (κ1) is 16.3. The summed E-state index contributed by atoms with van der Waals surface area (Å²) in [6.45, 7) is 4.91. The van der Waals surface area contributed by atoms with E-state index in [4.69, 9.17) is 4.74 Å². The first-order valence-electron chi connectivity index (χ1n) is 7.12. The van der Waals surface area contributed by atoms with Crippen molar-refractivity contribution in [1.82, 2.24) is 20.0 Å². The van der Waals surface area contributed by atoms with E-state index in [1.165, 1.54) is 12.4 Å². The fourth-order valence-electron chi connectivity index (χ4n) is 2.25. The lowest BCUT2D eigenvalue weighted by Crippen LogP contribution is -2.37. The smallest absolute Gasteiger partial charge is 0.379 e. The number of rotatable bonds is 7. The second-order valence-electron chi connectivity index (χ2n) is 5.15. The Labute approximate surface area is 122 Å². The van der Waals surface area contributed by atoms with Gasteiger partial charge in [-0.1, -0.05) is 0 Å². The first-order valence-corrected chi connectivity index (χ1v) is 7.12. The number of alkyl halides is 3. The van der Waals surface area contributed by atoms with Gasteiger partial charge >= 0.3 is 6.18 Å². The minimum absolute atomic E-state index is 0.543. The van der Waals surface area contributed by atoms with Crippen LogP contribution >= 0.6 is 0 Å². The largest absolute Gasteiger partial charge is 0.408 e. The Hall–Kier alpha value is -1.12. The van der Waals surface area contributed by atoms with Gasteiger partial charge < -0.3 is 10.1 Å². The number of nitrogens with zero attached hydrogens (tertiary/aromatic N) is 3. The highest BCUT2D eigenvalue weighted by atomic mass is 19.4. The van der Waals surface area contributed by atoms with E-state index in [2.05, 4.69) is 15.3 Å². The molecule has 0 radical (unpaired) electrons. The summed E-state index contributed by atoms with van der Waals surface area (Å²) in [7, 11) is 0. The molecule has 0 atom stereocenters. The van der Waals surface area contributed by atoms with Crippen LogP contribution in [0.1, 0.15) is 12.0 Å². The van der Waals surface area contributed by atoms with Crippen LogP contribution in [0.3, 0.4) is 0 Å². The lowest BCUT2D eigenvalue weighted by Gasteiger charge is -2.26. The third kappa shape index (κ3) is 6.45. The van der Waals surface area contributed by atoms with Crippen molar-refractivity contribution < 1.29 is 17.9 Å². The van der Waals surface area contributed by atoms with Crippen molar-refractivity contribution in [2.24, 2.45) is 0 Å². The number of hydrogen-bond acceptors (Lipinski definition) is 4. The van der Waals surface area contributed by atoms with Crippen LogP contribution in [0.5, 0.6) is 0 Å². The van der Waals surface area contributed by atoms with E-state index in [1.807, 2.05) is 0 Å². The van der Waals surface area contributed by atoms with Gasteiger partial charge in [0.25, 0.3) is 0 Å². The standard InChI is InChI=1S/C13H21F3N4O/c14-13(15,16)11-20-10-12(9-18-20)8-17-2-1-3-19-4-6-21-7-5-19/h9-10,17H,1-8,11H2. The molecule has 0 spiro atoms. The summed E-state index contributed by atoms with van der Waals surface area (Å²) in [5, 5.41) is 6.93. The Kier molecular flexibility index (Phi) is 6.01. The molecule has 1 aliphatic heterocycles. The van der Waals surface area contributed by atoms with Gasteiger partial charge in [0, 0.05) is 31.4 Å². The van der Waals surface area contributed by atoms with Gasteiger partial charge in [-0.05, 0) is 19.5 Å². The van der Waals surface area contributed by atoms with Gasteiger partial charge in [0.05, 0.1) is 19.4 Å². The third-order valence-electron chi connectivity index (χ3n) is 3.29. The number of halogens is 3. The van der Waals surface area contributed by atoms with E-state index in [9.17, 15) is 13.2 Å². The number of ether oxygens (including phenoxy) is 1. The second-order valence-corrected chi connectivity index (χ2v) is 5.15. The zero-order valence-electron chi connectivity index (χ0n) is 11.9. The summed E-state index contributed by atoms with van der Waals surface area (Å²) in [5.41, 5.74) is 0.769. The highest BCUT2D eigenvalue weighted by Crippen LogP contribution is 2.17. The topological polar surface area (TPSA) is 42.3 Å². The van der Waals surface area contributed by atoms with Crippen molar-refractivity contribution >= 4 is 0 Å². The molecule has 1 saturated heterocycles. The molecular formula is C13H21F3N4O. The predicted octanol–water partition coefficient (Wildman–Crippen LogP) is 1.26. The zero-order chi connectivity index (χ0) is 15.1. The molecule has 1 aliphatic rings. The predicted molar refractivity (Wildman–Crippen MR) is 71.9 cm³/mol. The molecule has 1 N–H and O–H groups in total. The number of nitrogens with one attached hydrogen (secondary N) is 1. The Morgan fingerprint density at radius 1 is 1.29 bits per heavy atom. The maximum absolute atomic E-state index is 12.2. The van der Waals surface area contributed by atoms with E-state index in [0.29, 0.717) is 6.54 Å². The molecule has 21 heavy (non-hydrogen) atoms. The van der Waals surface area contributed by atoms with E-state index in [0.717, 1.165) is 56.1 Å². The molecule has 8 heteroatoms. The molecule has 0 bridgehead atoms. The Balaban J connectivity index is 1.58. The van der Waals surface area contributed by atoms with Gasteiger partial charge in [-0.25, -0.2) is 0 Å². The van der Waals surface area contributed by atoms with Gasteiger partial charge in [-0.3, -0.25) is 9.58 Å². The van der Waals surface area contributed by atoms with Crippen molar-refractivity contribution in [1.29, 1.82) is 0 Å². The van der Waals surface area contributed by atoms with E-state index >= 15 is 0 Å². The summed E-state index contributed by atoms with van der Waals surface area (Å²) in [5.74, 6) is 0.